The van der Waals surface area contributed by atoms with E-state index in [2.05, 4.69) is 41.6 Å². The van der Waals surface area contributed by atoms with Gasteiger partial charge in [0.25, 0.3) is 0 Å². The van der Waals surface area contributed by atoms with Crippen molar-refractivity contribution < 1.29 is 0 Å². The predicted octanol–water partition coefficient (Wildman–Crippen LogP) is 2.86. The third-order valence-electron chi connectivity index (χ3n) is 2.46. The van der Waals surface area contributed by atoms with Crippen molar-refractivity contribution in [2.45, 2.75) is 32.9 Å². The van der Waals surface area contributed by atoms with Crippen LogP contribution in [0.15, 0.2) is 18.2 Å². The second-order valence-corrected chi connectivity index (χ2v) is 6.02. The lowest BCUT2D eigenvalue weighted by Gasteiger charge is -2.19. The van der Waals surface area contributed by atoms with Gasteiger partial charge in [0.05, 0.1) is 22.3 Å². The lowest BCUT2D eigenvalue weighted by atomic mass is 10.1. The zero-order chi connectivity index (χ0) is 14.0. The van der Waals surface area contributed by atoms with Crippen molar-refractivity contribution in [3.63, 3.8) is 0 Å². The monoisotopic (exact) mass is 299 g/mol. The van der Waals surface area contributed by atoms with Crippen molar-refractivity contribution in [1.29, 1.82) is 0 Å². The highest BCUT2D eigenvalue weighted by Gasteiger charge is 2.14. The fourth-order valence-electron chi connectivity index (χ4n) is 1.48. The summed E-state index contributed by atoms with van der Waals surface area (Å²) in [6.07, 6.45) is 0. The first-order valence-electron chi connectivity index (χ1n) is 5.84. The SMILES string of the molecule is CC(C)(C)NCc1nnnn1-c1ccc(Cl)c(Cl)c1. The van der Waals surface area contributed by atoms with Gasteiger partial charge in [0, 0.05) is 5.54 Å². The van der Waals surface area contributed by atoms with E-state index in [0.29, 0.717) is 22.4 Å². The fraction of sp³-hybridized carbons (Fsp3) is 0.417. The molecule has 0 saturated carbocycles. The Morgan fingerprint density at radius 3 is 2.58 bits per heavy atom. The molecule has 0 amide bonds. The van der Waals surface area contributed by atoms with Gasteiger partial charge in [-0.05, 0) is 49.4 Å². The number of tetrazole rings is 1. The van der Waals surface area contributed by atoms with Crippen molar-refractivity contribution in [1.82, 2.24) is 25.5 Å². The van der Waals surface area contributed by atoms with Gasteiger partial charge >= 0.3 is 0 Å². The quantitative estimate of drug-likeness (QED) is 0.947. The maximum Gasteiger partial charge on any atom is 0.170 e. The van der Waals surface area contributed by atoms with Crippen molar-refractivity contribution in [2.75, 3.05) is 0 Å². The summed E-state index contributed by atoms with van der Waals surface area (Å²) in [5.41, 5.74) is 0.777. The second-order valence-electron chi connectivity index (χ2n) is 5.21. The number of aromatic nitrogens is 4. The zero-order valence-corrected chi connectivity index (χ0v) is 12.5. The molecular formula is C12H15Cl2N5. The molecule has 2 rings (SSSR count). The number of nitrogens with one attached hydrogen (secondary N) is 1. The maximum absolute atomic E-state index is 6.00. The van der Waals surface area contributed by atoms with E-state index in [1.165, 1.54) is 0 Å². The average molecular weight is 300 g/mol. The Morgan fingerprint density at radius 2 is 1.95 bits per heavy atom. The van der Waals surface area contributed by atoms with Crippen LogP contribution in [0.2, 0.25) is 10.0 Å². The summed E-state index contributed by atoms with van der Waals surface area (Å²) in [6, 6.07) is 5.29. The number of halogens is 2. The molecule has 0 aliphatic carbocycles. The molecule has 5 nitrogen and oxygen atoms in total. The predicted molar refractivity (Wildman–Crippen MR) is 75.8 cm³/mol. The van der Waals surface area contributed by atoms with E-state index in [4.69, 9.17) is 23.2 Å². The van der Waals surface area contributed by atoms with Gasteiger partial charge in [-0.25, -0.2) is 0 Å². The van der Waals surface area contributed by atoms with E-state index in [1.807, 2.05) is 6.07 Å². The Kier molecular flexibility index (Phi) is 4.08. The molecule has 102 valence electrons. The third-order valence-corrected chi connectivity index (χ3v) is 3.20. The lowest BCUT2D eigenvalue weighted by Crippen LogP contribution is -2.35. The van der Waals surface area contributed by atoms with Gasteiger partial charge in [-0.1, -0.05) is 23.2 Å². The van der Waals surface area contributed by atoms with Crippen LogP contribution in [0.1, 0.15) is 26.6 Å². The minimum atomic E-state index is -0.00553. The van der Waals surface area contributed by atoms with Crippen LogP contribution in [0, 0.1) is 0 Å². The van der Waals surface area contributed by atoms with E-state index < -0.39 is 0 Å². The Labute approximate surface area is 121 Å². The summed E-state index contributed by atoms with van der Waals surface area (Å²) < 4.78 is 1.64. The van der Waals surface area contributed by atoms with Crippen LogP contribution in [-0.4, -0.2) is 25.7 Å². The first kappa shape index (κ1) is 14.2. The smallest absolute Gasteiger partial charge is 0.170 e. The van der Waals surface area contributed by atoms with Crippen LogP contribution in [0.3, 0.4) is 0 Å². The van der Waals surface area contributed by atoms with Gasteiger partial charge in [-0.2, -0.15) is 4.68 Å². The maximum atomic E-state index is 6.00. The minimum absolute atomic E-state index is 0.00553. The second kappa shape index (κ2) is 5.45. The molecule has 1 N–H and O–H groups in total. The molecule has 1 heterocycles. The third kappa shape index (κ3) is 3.65. The topological polar surface area (TPSA) is 55.6 Å². The van der Waals surface area contributed by atoms with Crippen molar-refractivity contribution in [3.8, 4) is 5.69 Å². The molecule has 0 fully saturated rings. The molecule has 0 spiro atoms. The molecule has 0 saturated heterocycles. The van der Waals surface area contributed by atoms with Crippen LogP contribution in [0.25, 0.3) is 5.69 Å². The summed E-state index contributed by atoms with van der Waals surface area (Å²) in [7, 11) is 0. The molecule has 1 aromatic carbocycles. The van der Waals surface area contributed by atoms with E-state index in [1.54, 1.807) is 16.8 Å². The van der Waals surface area contributed by atoms with Gasteiger partial charge in [0.15, 0.2) is 5.82 Å². The first-order chi connectivity index (χ1) is 8.87. The molecule has 19 heavy (non-hydrogen) atoms. The first-order valence-corrected chi connectivity index (χ1v) is 6.60. The summed E-state index contributed by atoms with van der Waals surface area (Å²) in [5, 5.41) is 16.0. The Balaban J connectivity index is 2.26. The number of hydrogen-bond donors (Lipinski definition) is 1. The van der Waals surface area contributed by atoms with Crippen LogP contribution in [0.4, 0.5) is 0 Å². The van der Waals surface area contributed by atoms with Gasteiger partial charge in [-0.15, -0.1) is 5.10 Å². The van der Waals surface area contributed by atoms with Crippen LogP contribution >= 0.6 is 23.2 Å². The van der Waals surface area contributed by atoms with Gasteiger partial charge in [-0.3, -0.25) is 0 Å². The largest absolute Gasteiger partial charge is 0.305 e. The molecule has 0 unspecified atom stereocenters. The van der Waals surface area contributed by atoms with Crippen LogP contribution < -0.4 is 5.32 Å². The molecular weight excluding hydrogens is 285 g/mol. The molecule has 0 radical (unpaired) electrons. The van der Waals surface area contributed by atoms with Gasteiger partial charge in [0.1, 0.15) is 0 Å². The normalized spacial score (nSPS) is 11.8. The molecule has 0 aliphatic rings. The van der Waals surface area contributed by atoms with E-state index in [0.717, 1.165) is 5.69 Å². The number of benzene rings is 1. The standard InChI is InChI=1S/C12H15Cl2N5/c1-12(2,3)15-7-11-16-17-18-19(11)8-4-5-9(13)10(14)6-8/h4-6,15H,7H2,1-3H3. The molecule has 0 atom stereocenters. The highest BCUT2D eigenvalue weighted by molar-refractivity contribution is 6.42. The Morgan fingerprint density at radius 1 is 1.21 bits per heavy atom. The summed E-state index contributed by atoms with van der Waals surface area (Å²) in [4.78, 5) is 0. The molecule has 1 aromatic heterocycles. The Hall–Kier alpha value is -1.17. The number of hydrogen-bond acceptors (Lipinski definition) is 4. The van der Waals surface area contributed by atoms with E-state index in [-0.39, 0.29) is 5.54 Å². The van der Waals surface area contributed by atoms with Gasteiger partial charge < -0.3 is 5.32 Å². The molecule has 2 aromatic rings. The zero-order valence-electron chi connectivity index (χ0n) is 11.0. The van der Waals surface area contributed by atoms with E-state index >= 15 is 0 Å². The van der Waals surface area contributed by atoms with E-state index in [9.17, 15) is 0 Å². The summed E-state index contributed by atoms with van der Waals surface area (Å²) in [5.74, 6) is 0.716. The van der Waals surface area contributed by atoms with Crippen LogP contribution in [0.5, 0.6) is 0 Å². The van der Waals surface area contributed by atoms with Gasteiger partial charge in [0.2, 0.25) is 0 Å². The molecule has 0 aliphatic heterocycles. The van der Waals surface area contributed by atoms with Crippen molar-refractivity contribution in [3.05, 3.63) is 34.1 Å². The molecule has 7 heteroatoms. The average Bonchev–Trinajstić information content (AvgIpc) is 2.77. The molecule has 0 bridgehead atoms. The summed E-state index contributed by atoms with van der Waals surface area (Å²) >= 11 is 11.9. The lowest BCUT2D eigenvalue weighted by molar-refractivity contribution is 0.415. The highest BCUT2D eigenvalue weighted by Crippen LogP contribution is 2.24. The van der Waals surface area contributed by atoms with Crippen molar-refractivity contribution in [2.24, 2.45) is 0 Å². The number of nitrogens with zero attached hydrogens (tertiary/aromatic N) is 4. The fourth-order valence-corrected chi connectivity index (χ4v) is 1.77. The highest BCUT2D eigenvalue weighted by atomic mass is 35.5. The van der Waals surface area contributed by atoms with Crippen LogP contribution in [-0.2, 0) is 6.54 Å². The minimum Gasteiger partial charge on any atom is -0.305 e. The summed E-state index contributed by atoms with van der Waals surface area (Å²) in [6.45, 7) is 6.82. The Bertz CT molecular complexity index is 574. The van der Waals surface area contributed by atoms with Crippen molar-refractivity contribution >= 4 is 23.2 Å². The number of rotatable bonds is 3.